The van der Waals surface area contributed by atoms with Crippen LogP contribution in [-0.2, 0) is 0 Å². The Balaban J connectivity index is 2.32. The minimum absolute atomic E-state index is 0.460. The van der Waals surface area contributed by atoms with Crippen LogP contribution in [0.3, 0.4) is 0 Å². The largest absolute Gasteiger partial charge is 0.287 e. The Hall–Kier alpha value is -1.70. The van der Waals surface area contributed by atoms with Crippen LogP contribution < -0.4 is 4.57 Å². The van der Waals surface area contributed by atoms with Crippen LogP contribution >= 0.6 is 0 Å². The topological polar surface area (TPSA) is 16.8 Å². The fraction of sp³-hybridized carbons (Fsp3) is 0.231. The van der Waals surface area contributed by atoms with E-state index in [0.717, 1.165) is 11.3 Å². The predicted octanol–water partition coefficient (Wildman–Crippen LogP) is 2.62. The van der Waals surface area contributed by atoms with Crippen molar-refractivity contribution in [3.8, 4) is 11.3 Å². The molecule has 1 heterocycles. The van der Waals surface area contributed by atoms with Gasteiger partial charge in [0.15, 0.2) is 5.69 Å². The molecule has 2 aromatic rings. The van der Waals surface area contributed by atoms with Gasteiger partial charge >= 0.3 is 0 Å². The average molecular weight is 199 g/mol. The van der Waals surface area contributed by atoms with Gasteiger partial charge in [0.1, 0.15) is 0 Å². The summed E-state index contributed by atoms with van der Waals surface area (Å²) in [5.74, 6) is 0. The summed E-state index contributed by atoms with van der Waals surface area (Å²) < 4.78 is 2.09. The molecule has 0 amide bonds. The van der Waals surface area contributed by atoms with E-state index in [1.165, 1.54) is 0 Å². The van der Waals surface area contributed by atoms with Gasteiger partial charge in [0.05, 0.1) is 12.2 Å². The monoisotopic (exact) mass is 199 g/mol. The van der Waals surface area contributed by atoms with E-state index in [0.29, 0.717) is 6.04 Å². The highest BCUT2D eigenvalue weighted by Crippen LogP contribution is 2.13. The fourth-order valence-electron chi connectivity index (χ4n) is 1.45. The van der Waals surface area contributed by atoms with Crippen molar-refractivity contribution < 1.29 is 4.57 Å². The molecule has 0 atom stereocenters. The Kier molecular flexibility index (Phi) is 2.77. The van der Waals surface area contributed by atoms with Crippen LogP contribution in [0.15, 0.2) is 48.9 Å². The summed E-state index contributed by atoms with van der Waals surface area (Å²) in [6.07, 6.45) is 3.95. The summed E-state index contributed by atoms with van der Waals surface area (Å²) in [6.45, 7) is 4.29. The molecule has 0 saturated carbocycles. The van der Waals surface area contributed by atoms with Gasteiger partial charge in [-0.25, -0.2) is 4.57 Å². The molecule has 0 aliphatic rings. The Labute approximate surface area is 90.2 Å². The number of benzene rings is 1. The maximum atomic E-state index is 4.43. The van der Waals surface area contributed by atoms with Gasteiger partial charge in [-0.3, -0.25) is 0 Å². The van der Waals surface area contributed by atoms with E-state index in [2.05, 4.69) is 47.8 Å². The molecule has 76 valence electrons. The summed E-state index contributed by atoms with van der Waals surface area (Å²) in [5, 5.41) is 0. The molecule has 0 unspecified atom stereocenters. The van der Waals surface area contributed by atoms with E-state index in [1.807, 2.05) is 24.5 Å². The Morgan fingerprint density at radius 3 is 2.33 bits per heavy atom. The molecule has 0 aliphatic heterocycles. The van der Waals surface area contributed by atoms with Gasteiger partial charge in [0.25, 0.3) is 6.33 Å². The van der Waals surface area contributed by atoms with E-state index in [9.17, 15) is 0 Å². The normalized spacial score (nSPS) is 10.6. The number of nitrogens with zero attached hydrogens (tertiary/aromatic N) is 2. The lowest BCUT2D eigenvalue weighted by Crippen LogP contribution is -2.35. The van der Waals surface area contributed by atoms with Crippen molar-refractivity contribution in [2.75, 3.05) is 0 Å². The molecule has 0 spiro atoms. The molecule has 0 aliphatic carbocycles. The van der Waals surface area contributed by atoms with E-state index in [-0.39, 0.29) is 0 Å². The summed E-state index contributed by atoms with van der Waals surface area (Å²) in [6, 6.07) is 12.7. The molecular weight excluding hydrogens is 184 g/mol. The number of hydrogen-bond acceptors (Lipinski definition) is 1. The second-order valence-electron chi connectivity index (χ2n) is 3.85. The molecular formula is C13H15N2+. The lowest BCUT2D eigenvalue weighted by atomic mass is 10.1. The maximum absolute atomic E-state index is 4.43. The van der Waals surface area contributed by atoms with Crippen LogP contribution in [0.5, 0.6) is 0 Å². The van der Waals surface area contributed by atoms with Crippen molar-refractivity contribution in [1.29, 1.82) is 0 Å². The first kappa shape index (κ1) is 9.84. The zero-order valence-electron chi connectivity index (χ0n) is 9.09. The van der Waals surface area contributed by atoms with Gasteiger partial charge < -0.3 is 0 Å². The summed E-state index contributed by atoms with van der Waals surface area (Å²) >= 11 is 0. The van der Waals surface area contributed by atoms with Crippen LogP contribution in [0.25, 0.3) is 11.3 Å². The standard InChI is InChI=1S/C13H15N2/c1-11(2)15-9-8-13(14-10-15)12-6-4-3-5-7-12/h3-11H,1-2H3/q+1. The van der Waals surface area contributed by atoms with Crippen LogP contribution in [0.1, 0.15) is 19.9 Å². The third kappa shape index (κ3) is 2.21. The van der Waals surface area contributed by atoms with E-state index in [4.69, 9.17) is 0 Å². The van der Waals surface area contributed by atoms with Gasteiger partial charge in [0.2, 0.25) is 0 Å². The molecule has 2 rings (SSSR count). The molecule has 1 aromatic heterocycles. The third-order valence-corrected chi connectivity index (χ3v) is 2.40. The molecule has 0 fully saturated rings. The summed E-state index contributed by atoms with van der Waals surface area (Å²) in [4.78, 5) is 4.43. The highest BCUT2D eigenvalue weighted by atomic mass is 15.0. The van der Waals surface area contributed by atoms with Gasteiger partial charge in [0, 0.05) is 11.6 Å². The van der Waals surface area contributed by atoms with Crippen molar-refractivity contribution in [3.63, 3.8) is 0 Å². The second kappa shape index (κ2) is 4.22. The number of hydrogen-bond donors (Lipinski definition) is 0. The highest BCUT2D eigenvalue weighted by Gasteiger charge is 2.07. The number of rotatable bonds is 2. The number of aromatic nitrogens is 2. The lowest BCUT2D eigenvalue weighted by Gasteiger charge is -2.01. The van der Waals surface area contributed by atoms with Gasteiger partial charge in [-0.1, -0.05) is 30.3 Å². The first-order valence-electron chi connectivity index (χ1n) is 5.19. The van der Waals surface area contributed by atoms with Crippen molar-refractivity contribution in [2.45, 2.75) is 19.9 Å². The first-order chi connectivity index (χ1) is 7.27. The molecule has 0 N–H and O–H groups in total. The molecule has 2 nitrogen and oxygen atoms in total. The molecule has 0 bridgehead atoms. The van der Waals surface area contributed by atoms with Gasteiger partial charge in [-0.2, -0.15) is 0 Å². The molecule has 0 saturated heterocycles. The zero-order chi connectivity index (χ0) is 10.7. The molecule has 0 radical (unpaired) electrons. The van der Waals surface area contributed by atoms with Crippen LogP contribution in [0.4, 0.5) is 0 Å². The summed E-state index contributed by atoms with van der Waals surface area (Å²) in [5.41, 5.74) is 2.18. The Morgan fingerprint density at radius 1 is 1.07 bits per heavy atom. The van der Waals surface area contributed by atoms with Crippen LogP contribution in [-0.4, -0.2) is 4.98 Å². The Bertz CT molecular complexity index is 418. The minimum Gasteiger partial charge on any atom is -0.235 e. The van der Waals surface area contributed by atoms with Crippen molar-refractivity contribution in [2.24, 2.45) is 0 Å². The quantitative estimate of drug-likeness (QED) is 0.679. The lowest BCUT2D eigenvalue weighted by molar-refractivity contribution is -0.718. The van der Waals surface area contributed by atoms with Crippen molar-refractivity contribution in [3.05, 3.63) is 48.9 Å². The Morgan fingerprint density at radius 2 is 1.80 bits per heavy atom. The van der Waals surface area contributed by atoms with E-state index in [1.54, 1.807) is 0 Å². The van der Waals surface area contributed by atoms with Crippen LogP contribution in [0.2, 0.25) is 0 Å². The minimum atomic E-state index is 0.460. The molecule has 15 heavy (non-hydrogen) atoms. The van der Waals surface area contributed by atoms with E-state index >= 15 is 0 Å². The van der Waals surface area contributed by atoms with Gasteiger partial charge in [-0.05, 0) is 18.8 Å². The third-order valence-electron chi connectivity index (χ3n) is 2.40. The SMILES string of the molecule is CC(C)[n+]1ccc(-c2ccccc2)nc1. The first-order valence-corrected chi connectivity index (χ1v) is 5.19. The average Bonchev–Trinajstić information content (AvgIpc) is 2.30. The van der Waals surface area contributed by atoms with E-state index < -0.39 is 0 Å². The predicted molar refractivity (Wildman–Crippen MR) is 60.3 cm³/mol. The second-order valence-corrected chi connectivity index (χ2v) is 3.85. The fourth-order valence-corrected chi connectivity index (χ4v) is 1.45. The maximum Gasteiger partial charge on any atom is 0.287 e. The zero-order valence-corrected chi connectivity index (χ0v) is 9.09. The highest BCUT2D eigenvalue weighted by molar-refractivity contribution is 5.57. The van der Waals surface area contributed by atoms with Crippen molar-refractivity contribution in [1.82, 2.24) is 4.98 Å². The van der Waals surface area contributed by atoms with Crippen LogP contribution in [0, 0.1) is 0 Å². The van der Waals surface area contributed by atoms with Gasteiger partial charge in [-0.15, -0.1) is 0 Å². The molecule has 1 aromatic carbocycles. The summed E-state index contributed by atoms with van der Waals surface area (Å²) in [7, 11) is 0. The van der Waals surface area contributed by atoms with Crippen molar-refractivity contribution >= 4 is 0 Å². The smallest absolute Gasteiger partial charge is 0.235 e. The molecule has 2 heteroatoms.